The largest absolute Gasteiger partial charge is 0.334 e. The van der Waals surface area contributed by atoms with Crippen molar-refractivity contribution in [2.24, 2.45) is 11.8 Å². The number of hydrogen-bond acceptors (Lipinski definition) is 3. The van der Waals surface area contributed by atoms with Crippen LogP contribution in [0.3, 0.4) is 0 Å². The van der Waals surface area contributed by atoms with Crippen LogP contribution in [0, 0.1) is 25.7 Å². The van der Waals surface area contributed by atoms with Crippen molar-refractivity contribution >= 4 is 5.91 Å². The van der Waals surface area contributed by atoms with E-state index in [1.54, 1.807) is 4.68 Å². The fourth-order valence-corrected chi connectivity index (χ4v) is 4.76. The van der Waals surface area contributed by atoms with Gasteiger partial charge in [0.05, 0.1) is 11.4 Å². The molecule has 1 saturated carbocycles. The molecule has 3 atom stereocenters. The highest BCUT2D eigenvalue weighted by Crippen LogP contribution is 2.39. The van der Waals surface area contributed by atoms with Crippen LogP contribution in [-0.4, -0.2) is 38.4 Å². The van der Waals surface area contributed by atoms with Crippen molar-refractivity contribution in [3.63, 3.8) is 0 Å². The predicted molar refractivity (Wildman–Crippen MR) is 101 cm³/mol. The lowest BCUT2D eigenvalue weighted by Gasteiger charge is -2.47. The van der Waals surface area contributed by atoms with E-state index in [2.05, 4.69) is 41.2 Å². The van der Waals surface area contributed by atoms with Crippen LogP contribution in [0.4, 0.5) is 0 Å². The predicted octanol–water partition coefficient (Wildman–Crippen LogP) is 3.92. The maximum atomic E-state index is 13.3. The van der Waals surface area contributed by atoms with E-state index in [1.165, 1.54) is 24.8 Å². The second-order valence-electron chi connectivity index (χ2n) is 8.05. The minimum atomic E-state index is 0.0599. The van der Waals surface area contributed by atoms with E-state index in [-0.39, 0.29) is 5.91 Å². The number of hydrogen-bond donors (Lipinski definition) is 0. The van der Waals surface area contributed by atoms with E-state index in [4.69, 9.17) is 0 Å². The van der Waals surface area contributed by atoms with Gasteiger partial charge in [0, 0.05) is 12.6 Å². The molecule has 1 amide bonds. The van der Waals surface area contributed by atoms with Gasteiger partial charge in [-0.2, -0.15) is 0 Å². The van der Waals surface area contributed by atoms with Crippen molar-refractivity contribution in [3.8, 4) is 5.69 Å². The lowest BCUT2D eigenvalue weighted by Crippen LogP contribution is -2.52. The van der Waals surface area contributed by atoms with Crippen molar-refractivity contribution in [1.29, 1.82) is 0 Å². The molecule has 0 N–H and O–H groups in total. The molecular weight excluding hydrogens is 324 g/mol. The van der Waals surface area contributed by atoms with Gasteiger partial charge in [-0.3, -0.25) is 4.79 Å². The summed E-state index contributed by atoms with van der Waals surface area (Å²) in [5.74, 6) is 1.42. The van der Waals surface area contributed by atoms with E-state index in [0.29, 0.717) is 23.6 Å². The lowest BCUT2D eigenvalue weighted by molar-refractivity contribution is 0.0212. The number of fused-ring (bicyclic) bond motifs is 1. The van der Waals surface area contributed by atoms with E-state index < -0.39 is 0 Å². The monoisotopic (exact) mass is 352 g/mol. The van der Waals surface area contributed by atoms with E-state index >= 15 is 0 Å². The summed E-state index contributed by atoms with van der Waals surface area (Å²) in [6.45, 7) is 7.20. The number of carbonyl (C=O) groups excluding carboxylic acids is 1. The smallest absolute Gasteiger partial charge is 0.276 e. The van der Waals surface area contributed by atoms with E-state index in [0.717, 1.165) is 30.8 Å². The van der Waals surface area contributed by atoms with Crippen LogP contribution in [0.5, 0.6) is 0 Å². The number of aryl methyl sites for hydroxylation is 1. The molecule has 3 unspecified atom stereocenters. The number of carbonyl (C=O) groups is 1. The number of rotatable bonds is 2. The molecule has 0 radical (unpaired) electrons. The maximum absolute atomic E-state index is 13.3. The standard InChI is InChI=1S/C21H28N4O/c1-14-8-10-17(11-9-14)25-16(3)20(22-23-25)21(26)24-13-12-15(2)18-6-4-5-7-19(18)24/h8-11,15,18-19H,4-7,12-13H2,1-3H3. The first-order valence-electron chi connectivity index (χ1n) is 9.86. The molecule has 1 aromatic carbocycles. The summed E-state index contributed by atoms with van der Waals surface area (Å²) in [5, 5.41) is 8.54. The number of benzene rings is 1. The number of aromatic nitrogens is 3. The van der Waals surface area contributed by atoms with Crippen LogP contribution < -0.4 is 0 Å². The molecule has 1 aromatic heterocycles. The minimum absolute atomic E-state index is 0.0599. The third-order valence-corrected chi connectivity index (χ3v) is 6.37. The lowest BCUT2D eigenvalue weighted by atomic mass is 9.72. The zero-order valence-corrected chi connectivity index (χ0v) is 16.0. The van der Waals surface area contributed by atoms with Crippen LogP contribution in [0.1, 0.15) is 60.8 Å². The third-order valence-electron chi connectivity index (χ3n) is 6.37. The molecule has 26 heavy (non-hydrogen) atoms. The first kappa shape index (κ1) is 17.3. The quantitative estimate of drug-likeness (QED) is 0.823. The van der Waals surface area contributed by atoms with E-state index in [1.807, 2.05) is 19.1 Å². The average molecular weight is 352 g/mol. The Kier molecular flexibility index (Phi) is 4.55. The van der Waals surface area contributed by atoms with E-state index in [9.17, 15) is 4.79 Å². The Bertz CT molecular complexity index is 795. The molecule has 2 fully saturated rings. The van der Waals surface area contributed by atoms with Crippen LogP contribution in [0.25, 0.3) is 5.69 Å². The van der Waals surface area contributed by atoms with Crippen molar-refractivity contribution in [2.45, 2.75) is 58.9 Å². The summed E-state index contributed by atoms with van der Waals surface area (Å²) in [6.07, 6.45) is 6.01. The SMILES string of the molecule is Cc1ccc(-n2nnc(C(=O)N3CCC(C)C4CCCCC43)c2C)cc1. The second kappa shape index (κ2) is 6.86. The van der Waals surface area contributed by atoms with Gasteiger partial charge >= 0.3 is 0 Å². The number of nitrogens with zero attached hydrogens (tertiary/aromatic N) is 4. The molecule has 5 nitrogen and oxygen atoms in total. The minimum Gasteiger partial charge on any atom is -0.334 e. The number of likely N-dealkylation sites (tertiary alicyclic amines) is 1. The first-order chi connectivity index (χ1) is 12.6. The van der Waals surface area contributed by atoms with Crippen molar-refractivity contribution < 1.29 is 4.79 Å². The molecular formula is C21H28N4O. The molecule has 0 spiro atoms. The molecule has 1 aliphatic heterocycles. The zero-order valence-electron chi connectivity index (χ0n) is 16.0. The Morgan fingerprint density at radius 3 is 2.58 bits per heavy atom. The average Bonchev–Trinajstić information content (AvgIpc) is 3.04. The molecule has 1 aliphatic carbocycles. The highest BCUT2D eigenvalue weighted by atomic mass is 16.2. The summed E-state index contributed by atoms with van der Waals surface area (Å²) < 4.78 is 1.78. The van der Waals surface area contributed by atoms with Crippen LogP contribution in [0.15, 0.2) is 24.3 Å². The fraction of sp³-hybridized carbons (Fsp3) is 0.571. The number of amides is 1. The Hall–Kier alpha value is -2.17. The zero-order chi connectivity index (χ0) is 18.3. The first-order valence-corrected chi connectivity index (χ1v) is 9.86. The summed E-state index contributed by atoms with van der Waals surface area (Å²) >= 11 is 0. The Labute approximate surface area is 155 Å². The van der Waals surface area contributed by atoms with Gasteiger partial charge in [-0.05, 0) is 57.1 Å². The summed E-state index contributed by atoms with van der Waals surface area (Å²) in [6, 6.07) is 8.52. The van der Waals surface area contributed by atoms with Crippen molar-refractivity contribution in [3.05, 3.63) is 41.2 Å². The third kappa shape index (κ3) is 2.93. The Morgan fingerprint density at radius 2 is 1.81 bits per heavy atom. The molecule has 2 heterocycles. The molecule has 138 valence electrons. The van der Waals surface area contributed by atoms with Crippen LogP contribution in [-0.2, 0) is 0 Å². The van der Waals surface area contributed by atoms with Crippen LogP contribution >= 0.6 is 0 Å². The van der Waals surface area contributed by atoms with Gasteiger partial charge in [0.2, 0.25) is 0 Å². The van der Waals surface area contributed by atoms with Gasteiger partial charge in [-0.25, -0.2) is 4.68 Å². The second-order valence-corrected chi connectivity index (χ2v) is 8.05. The topological polar surface area (TPSA) is 51.0 Å². The summed E-state index contributed by atoms with van der Waals surface area (Å²) in [4.78, 5) is 15.4. The Balaban J connectivity index is 1.61. The van der Waals surface area contributed by atoms with Gasteiger partial charge < -0.3 is 4.90 Å². The van der Waals surface area contributed by atoms with Crippen LogP contribution in [0.2, 0.25) is 0 Å². The molecule has 5 heteroatoms. The Morgan fingerprint density at radius 1 is 1.08 bits per heavy atom. The molecule has 0 bridgehead atoms. The highest BCUT2D eigenvalue weighted by Gasteiger charge is 2.40. The summed E-state index contributed by atoms with van der Waals surface area (Å²) in [5.41, 5.74) is 3.48. The van der Waals surface area contributed by atoms with Gasteiger partial charge in [-0.1, -0.05) is 42.7 Å². The maximum Gasteiger partial charge on any atom is 0.276 e. The molecule has 4 rings (SSSR count). The van der Waals surface area contributed by atoms with Crippen molar-refractivity contribution in [1.82, 2.24) is 19.9 Å². The van der Waals surface area contributed by atoms with Gasteiger partial charge in [0.15, 0.2) is 5.69 Å². The van der Waals surface area contributed by atoms with Crippen molar-refractivity contribution in [2.75, 3.05) is 6.54 Å². The summed E-state index contributed by atoms with van der Waals surface area (Å²) in [7, 11) is 0. The fourth-order valence-electron chi connectivity index (χ4n) is 4.76. The molecule has 1 saturated heterocycles. The van der Waals surface area contributed by atoms with Gasteiger partial charge in [-0.15, -0.1) is 5.10 Å². The molecule has 2 aliphatic rings. The number of piperidine rings is 1. The molecule has 2 aromatic rings. The van der Waals surface area contributed by atoms with Gasteiger partial charge in [0.1, 0.15) is 0 Å². The highest BCUT2D eigenvalue weighted by molar-refractivity contribution is 5.93. The van der Waals surface area contributed by atoms with Gasteiger partial charge in [0.25, 0.3) is 5.91 Å². The normalized spacial score (nSPS) is 25.8.